The van der Waals surface area contributed by atoms with Gasteiger partial charge in [0.15, 0.2) is 0 Å². The van der Waals surface area contributed by atoms with Gasteiger partial charge in [0.1, 0.15) is 0 Å². The van der Waals surface area contributed by atoms with Crippen molar-refractivity contribution < 1.29 is 19.2 Å². The highest BCUT2D eigenvalue weighted by molar-refractivity contribution is 6.21. The molecule has 0 unspecified atom stereocenters. The summed E-state index contributed by atoms with van der Waals surface area (Å²) < 4.78 is 0. The molecule has 0 spiro atoms. The lowest BCUT2D eigenvalue weighted by atomic mass is 10.1. The first-order valence-corrected chi connectivity index (χ1v) is 10.0. The highest BCUT2D eigenvalue weighted by Gasteiger charge is 2.35. The number of pyridine rings is 1. The molecule has 0 fully saturated rings. The minimum Gasteiger partial charge on any atom is -0.326 e. The number of amides is 4. The van der Waals surface area contributed by atoms with Crippen molar-refractivity contribution in [3.8, 4) is 0 Å². The fourth-order valence-electron chi connectivity index (χ4n) is 3.42. The summed E-state index contributed by atoms with van der Waals surface area (Å²) in [6, 6.07) is 14.9. The van der Waals surface area contributed by atoms with Crippen molar-refractivity contribution in [3.05, 3.63) is 89.2 Å². The Balaban J connectivity index is 1.36. The Labute approximate surface area is 184 Å². The zero-order valence-electron chi connectivity index (χ0n) is 17.3. The van der Waals surface area contributed by atoms with E-state index >= 15 is 0 Å². The Morgan fingerprint density at radius 1 is 0.875 bits per heavy atom. The van der Waals surface area contributed by atoms with Crippen LogP contribution >= 0.6 is 0 Å². The van der Waals surface area contributed by atoms with Crippen molar-refractivity contribution in [1.29, 1.82) is 0 Å². The predicted octanol–water partition coefficient (Wildman–Crippen LogP) is 3.27. The maximum Gasteiger partial charge on any atom is 0.261 e. The van der Waals surface area contributed by atoms with Crippen molar-refractivity contribution in [3.63, 3.8) is 0 Å². The number of carbonyl (C=O) groups excluding carboxylic acids is 4. The van der Waals surface area contributed by atoms with Gasteiger partial charge < -0.3 is 10.6 Å². The van der Waals surface area contributed by atoms with Gasteiger partial charge in [0.2, 0.25) is 5.91 Å². The molecule has 4 rings (SSSR count). The van der Waals surface area contributed by atoms with Crippen molar-refractivity contribution in [1.82, 2.24) is 9.88 Å². The van der Waals surface area contributed by atoms with Crippen LogP contribution in [-0.4, -0.2) is 40.1 Å². The molecule has 0 aliphatic carbocycles. The molecule has 160 valence electrons. The molecule has 1 aliphatic rings. The van der Waals surface area contributed by atoms with Gasteiger partial charge in [-0.05, 0) is 49.4 Å². The number of aromatic nitrogens is 1. The van der Waals surface area contributed by atoms with Gasteiger partial charge in [-0.1, -0.05) is 17.7 Å². The predicted molar refractivity (Wildman–Crippen MR) is 118 cm³/mol. The number of benzene rings is 2. The summed E-state index contributed by atoms with van der Waals surface area (Å²) in [6.07, 6.45) is 3.08. The molecule has 8 heteroatoms. The fourth-order valence-corrected chi connectivity index (χ4v) is 3.42. The highest BCUT2D eigenvalue weighted by atomic mass is 16.2. The molecule has 2 heterocycles. The third kappa shape index (κ3) is 4.39. The van der Waals surface area contributed by atoms with E-state index in [9.17, 15) is 19.2 Å². The third-order valence-electron chi connectivity index (χ3n) is 5.04. The second kappa shape index (κ2) is 8.81. The molecule has 0 saturated heterocycles. The summed E-state index contributed by atoms with van der Waals surface area (Å²) in [6.45, 7) is 1.82. The number of nitrogens with one attached hydrogen (secondary N) is 2. The van der Waals surface area contributed by atoms with Crippen molar-refractivity contribution in [2.75, 3.05) is 17.2 Å². The van der Waals surface area contributed by atoms with Crippen molar-refractivity contribution >= 4 is 35.0 Å². The average molecular weight is 428 g/mol. The number of anilines is 2. The molecule has 0 saturated carbocycles. The standard InChI is InChI=1S/C24H20N4O4/c1-15-5-6-19-20(13-15)24(32)28(23(19)31)12-9-21(29)26-18-4-2-3-16(14-18)22(30)27-17-7-10-25-11-8-17/h2-8,10-11,13-14H,9,12H2,1H3,(H,26,29)(H,25,27,30). The van der Waals surface area contributed by atoms with Gasteiger partial charge in [0.05, 0.1) is 11.1 Å². The molecule has 0 atom stereocenters. The van der Waals surface area contributed by atoms with Crippen LogP contribution in [0, 0.1) is 6.92 Å². The SMILES string of the molecule is Cc1ccc2c(c1)C(=O)N(CCC(=O)Nc1cccc(C(=O)Nc3ccncc3)c1)C2=O. The molecule has 1 aromatic heterocycles. The summed E-state index contributed by atoms with van der Waals surface area (Å²) >= 11 is 0. The number of hydrogen-bond acceptors (Lipinski definition) is 5. The van der Waals surface area contributed by atoms with Gasteiger partial charge in [-0.25, -0.2) is 0 Å². The van der Waals surface area contributed by atoms with E-state index in [0.29, 0.717) is 28.1 Å². The minimum atomic E-state index is -0.396. The number of fused-ring (bicyclic) bond motifs is 1. The topological polar surface area (TPSA) is 108 Å². The molecular formula is C24H20N4O4. The van der Waals surface area contributed by atoms with E-state index in [1.165, 1.54) is 0 Å². The molecular weight excluding hydrogens is 408 g/mol. The van der Waals surface area contributed by atoms with E-state index in [1.807, 2.05) is 6.92 Å². The zero-order valence-corrected chi connectivity index (χ0v) is 17.3. The molecule has 2 aromatic carbocycles. The van der Waals surface area contributed by atoms with E-state index in [0.717, 1.165) is 10.5 Å². The van der Waals surface area contributed by atoms with Gasteiger partial charge in [-0.3, -0.25) is 29.1 Å². The molecule has 2 N–H and O–H groups in total. The first kappa shape index (κ1) is 20.9. The van der Waals surface area contributed by atoms with Gasteiger partial charge in [-0.15, -0.1) is 0 Å². The average Bonchev–Trinajstić information content (AvgIpc) is 3.02. The summed E-state index contributed by atoms with van der Waals surface area (Å²) in [5.74, 6) is -1.48. The Kier molecular flexibility index (Phi) is 5.76. The Morgan fingerprint density at radius 2 is 1.62 bits per heavy atom. The lowest BCUT2D eigenvalue weighted by molar-refractivity contribution is -0.116. The van der Waals surface area contributed by atoms with Gasteiger partial charge in [0, 0.05) is 42.3 Å². The van der Waals surface area contributed by atoms with Crippen molar-refractivity contribution in [2.45, 2.75) is 13.3 Å². The third-order valence-corrected chi connectivity index (χ3v) is 5.04. The minimum absolute atomic E-state index is 0.0283. The van der Waals surface area contributed by atoms with E-state index in [1.54, 1.807) is 67.0 Å². The summed E-state index contributed by atoms with van der Waals surface area (Å²) in [7, 11) is 0. The van der Waals surface area contributed by atoms with E-state index in [4.69, 9.17) is 0 Å². The van der Waals surface area contributed by atoms with Crippen molar-refractivity contribution in [2.24, 2.45) is 0 Å². The first-order valence-electron chi connectivity index (χ1n) is 10.0. The monoisotopic (exact) mass is 428 g/mol. The molecule has 32 heavy (non-hydrogen) atoms. The van der Waals surface area contributed by atoms with Gasteiger partial charge in [0.25, 0.3) is 17.7 Å². The van der Waals surface area contributed by atoms with E-state index in [-0.39, 0.29) is 24.8 Å². The lowest BCUT2D eigenvalue weighted by Crippen LogP contribution is -2.32. The van der Waals surface area contributed by atoms with Crippen LogP contribution in [0.15, 0.2) is 67.0 Å². The van der Waals surface area contributed by atoms with Crippen LogP contribution in [0.4, 0.5) is 11.4 Å². The van der Waals surface area contributed by atoms with E-state index < -0.39 is 11.8 Å². The van der Waals surface area contributed by atoms with Crippen LogP contribution in [0.25, 0.3) is 0 Å². The summed E-state index contributed by atoms with van der Waals surface area (Å²) in [5.41, 5.74) is 3.02. The normalized spacial score (nSPS) is 12.5. The number of imide groups is 1. The number of nitrogens with zero attached hydrogens (tertiary/aromatic N) is 2. The Hall–Kier alpha value is -4.33. The van der Waals surface area contributed by atoms with Crippen LogP contribution in [0.1, 0.15) is 43.1 Å². The largest absolute Gasteiger partial charge is 0.326 e. The zero-order chi connectivity index (χ0) is 22.7. The molecule has 4 amide bonds. The van der Waals surface area contributed by atoms with Crippen LogP contribution in [0.3, 0.4) is 0 Å². The Bertz CT molecular complexity index is 1220. The van der Waals surface area contributed by atoms with Crippen LogP contribution < -0.4 is 10.6 Å². The molecule has 1 aliphatic heterocycles. The summed E-state index contributed by atoms with van der Waals surface area (Å²) in [5, 5.41) is 5.46. The summed E-state index contributed by atoms with van der Waals surface area (Å²) in [4.78, 5) is 54.8. The van der Waals surface area contributed by atoms with Crippen LogP contribution in [-0.2, 0) is 4.79 Å². The lowest BCUT2D eigenvalue weighted by Gasteiger charge is -2.14. The van der Waals surface area contributed by atoms with E-state index in [2.05, 4.69) is 15.6 Å². The quantitative estimate of drug-likeness (QED) is 0.586. The maximum absolute atomic E-state index is 12.5. The van der Waals surface area contributed by atoms with Gasteiger partial charge >= 0.3 is 0 Å². The molecule has 0 radical (unpaired) electrons. The second-order valence-corrected chi connectivity index (χ2v) is 7.38. The number of carbonyl (C=O) groups is 4. The number of rotatable bonds is 6. The number of aryl methyl sites for hydroxylation is 1. The molecule has 8 nitrogen and oxygen atoms in total. The first-order chi connectivity index (χ1) is 15.4. The molecule has 0 bridgehead atoms. The van der Waals surface area contributed by atoms with Crippen LogP contribution in [0.5, 0.6) is 0 Å². The smallest absolute Gasteiger partial charge is 0.261 e. The maximum atomic E-state index is 12.5. The second-order valence-electron chi connectivity index (χ2n) is 7.38. The number of hydrogen-bond donors (Lipinski definition) is 2. The van der Waals surface area contributed by atoms with Gasteiger partial charge in [-0.2, -0.15) is 0 Å². The Morgan fingerprint density at radius 3 is 2.41 bits per heavy atom. The highest BCUT2D eigenvalue weighted by Crippen LogP contribution is 2.24. The molecule has 3 aromatic rings. The van der Waals surface area contributed by atoms with Crippen LogP contribution in [0.2, 0.25) is 0 Å². The fraction of sp³-hybridized carbons (Fsp3) is 0.125.